The van der Waals surface area contributed by atoms with E-state index >= 15 is 0 Å². The Labute approximate surface area is 131 Å². The van der Waals surface area contributed by atoms with E-state index < -0.39 is 0 Å². The van der Waals surface area contributed by atoms with Gasteiger partial charge in [-0.3, -0.25) is 4.40 Å². The number of nitrogens with zero attached hydrogens (tertiary/aromatic N) is 5. The molecule has 110 valence electrons. The third-order valence-corrected chi connectivity index (χ3v) is 4.68. The molecule has 0 saturated carbocycles. The van der Waals surface area contributed by atoms with Gasteiger partial charge in [0.1, 0.15) is 16.9 Å². The van der Waals surface area contributed by atoms with E-state index in [2.05, 4.69) is 56.3 Å². The Balaban J connectivity index is 1.59. The summed E-state index contributed by atoms with van der Waals surface area (Å²) < 4.78 is 3.95. The molecule has 0 N–H and O–H groups in total. The summed E-state index contributed by atoms with van der Waals surface area (Å²) in [6.45, 7) is 2.85. The van der Waals surface area contributed by atoms with E-state index in [0.29, 0.717) is 6.54 Å². The molecule has 0 aliphatic carbocycles. The van der Waals surface area contributed by atoms with Crippen molar-refractivity contribution in [2.45, 2.75) is 19.9 Å². The molecule has 0 aliphatic heterocycles. The fourth-order valence-electron chi connectivity index (χ4n) is 2.47. The first-order valence-electron chi connectivity index (χ1n) is 7.21. The molecule has 0 bridgehead atoms. The number of fused-ring (bicyclic) bond motifs is 1. The molecule has 0 amide bonds. The van der Waals surface area contributed by atoms with Crippen LogP contribution in [0.25, 0.3) is 16.1 Å². The first kappa shape index (κ1) is 13.2. The van der Waals surface area contributed by atoms with Crippen molar-refractivity contribution in [1.82, 2.24) is 24.4 Å². The van der Waals surface area contributed by atoms with Crippen LogP contribution in [0.2, 0.25) is 0 Å². The number of benzene rings is 1. The van der Waals surface area contributed by atoms with Crippen LogP contribution in [0.5, 0.6) is 0 Å². The van der Waals surface area contributed by atoms with Gasteiger partial charge >= 0.3 is 0 Å². The highest BCUT2D eigenvalue weighted by Gasteiger charge is 2.08. The predicted molar refractivity (Wildman–Crippen MR) is 87.0 cm³/mol. The van der Waals surface area contributed by atoms with Crippen molar-refractivity contribution >= 4 is 16.2 Å². The van der Waals surface area contributed by atoms with E-state index in [9.17, 15) is 0 Å². The lowest BCUT2D eigenvalue weighted by Crippen LogP contribution is -2.02. The smallest absolute Gasteiger partial charge is 0.119 e. The van der Waals surface area contributed by atoms with Crippen molar-refractivity contribution in [2.24, 2.45) is 0 Å². The lowest BCUT2D eigenvalue weighted by Gasteiger charge is -1.99. The number of rotatable bonds is 4. The predicted octanol–water partition coefficient (Wildman–Crippen LogP) is 3.27. The van der Waals surface area contributed by atoms with Gasteiger partial charge in [-0.05, 0) is 12.0 Å². The molecule has 0 unspecified atom stereocenters. The molecule has 4 aromatic rings. The minimum Gasteiger partial charge on any atom is -0.292 e. The van der Waals surface area contributed by atoms with E-state index in [1.165, 1.54) is 5.56 Å². The molecule has 0 saturated heterocycles. The molecular formula is C16H15N5S. The van der Waals surface area contributed by atoms with Crippen molar-refractivity contribution in [3.8, 4) is 11.3 Å². The van der Waals surface area contributed by atoms with Crippen LogP contribution in [0, 0.1) is 0 Å². The van der Waals surface area contributed by atoms with Crippen LogP contribution in [0.1, 0.15) is 18.2 Å². The highest BCUT2D eigenvalue weighted by molar-refractivity contribution is 7.15. The third kappa shape index (κ3) is 2.31. The Bertz CT molecular complexity index is 900. The molecule has 3 heterocycles. The Kier molecular flexibility index (Phi) is 3.23. The highest BCUT2D eigenvalue weighted by atomic mass is 32.1. The Hall–Kier alpha value is -2.47. The highest BCUT2D eigenvalue weighted by Crippen LogP contribution is 2.19. The van der Waals surface area contributed by atoms with Crippen LogP contribution in [0.3, 0.4) is 0 Å². The fraction of sp³-hybridized carbons (Fsp3) is 0.188. The molecule has 22 heavy (non-hydrogen) atoms. The molecule has 0 aliphatic rings. The largest absolute Gasteiger partial charge is 0.292 e. The molecule has 0 radical (unpaired) electrons. The lowest BCUT2D eigenvalue weighted by atomic mass is 10.1. The van der Waals surface area contributed by atoms with Gasteiger partial charge in [-0.1, -0.05) is 36.4 Å². The van der Waals surface area contributed by atoms with E-state index in [-0.39, 0.29) is 0 Å². The van der Waals surface area contributed by atoms with Gasteiger partial charge in [0, 0.05) is 10.9 Å². The zero-order valence-electron chi connectivity index (χ0n) is 12.2. The average Bonchev–Trinajstić information content (AvgIpc) is 3.26. The molecule has 0 fully saturated rings. The molecule has 5 nitrogen and oxygen atoms in total. The van der Waals surface area contributed by atoms with Crippen LogP contribution < -0.4 is 0 Å². The van der Waals surface area contributed by atoms with Crippen LogP contribution in [-0.4, -0.2) is 24.4 Å². The van der Waals surface area contributed by atoms with Crippen molar-refractivity contribution in [2.75, 3.05) is 0 Å². The van der Waals surface area contributed by atoms with Gasteiger partial charge in [0.2, 0.25) is 0 Å². The summed E-state index contributed by atoms with van der Waals surface area (Å²) in [7, 11) is 0. The summed E-state index contributed by atoms with van der Waals surface area (Å²) in [5, 5.41) is 10.7. The summed E-state index contributed by atoms with van der Waals surface area (Å²) in [6, 6.07) is 8.49. The van der Waals surface area contributed by atoms with Gasteiger partial charge in [0.05, 0.1) is 24.6 Å². The number of imidazole rings is 1. The van der Waals surface area contributed by atoms with Crippen molar-refractivity contribution < 1.29 is 0 Å². The van der Waals surface area contributed by atoms with E-state index in [1.54, 1.807) is 11.3 Å². The SMILES string of the molecule is CCc1ccc(-c2cn(Cc3csc4cncn34)nn2)cc1. The van der Waals surface area contributed by atoms with Crippen LogP contribution in [0.4, 0.5) is 0 Å². The molecule has 4 rings (SSSR count). The summed E-state index contributed by atoms with van der Waals surface area (Å²) in [5.74, 6) is 0. The van der Waals surface area contributed by atoms with Crippen LogP contribution in [-0.2, 0) is 13.0 Å². The number of hydrogen-bond acceptors (Lipinski definition) is 4. The minimum atomic E-state index is 0.691. The first-order valence-corrected chi connectivity index (χ1v) is 8.09. The van der Waals surface area contributed by atoms with Crippen LogP contribution >= 0.6 is 11.3 Å². The number of aromatic nitrogens is 5. The summed E-state index contributed by atoms with van der Waals surface area (Å²) in [5.41, 5.74) is 4.49. The summed E-state index contributed by atoms with van der Waals surface area (Å²) >= 11 is 1.69. The second kappa shape index (κ2) is 5.38. The molecule has 6 heteroatoms. The molecule has 0 atom stereocenters. The van der Waals surface area contributed by atoms with Gasteiger partial charge in [0.15, 0.2) is 0 Å². The average molecular weight is 309 g/mol. The Morgan fingerprint density at radius 3 is 2.86 bits per heavy atom. The van der Waals surface area contributed by atoms with Gasteiger partial charge in [-0.15, -0.1) is 16.4 Å². The zero-order chi connectivity index (χ0) is 14.9. The minimum absolute atomic E-state index is 0.691. The van der Waals surface area contributed by atoms with Crippen molar-refractivity contribution in [1.29, 1.82) is 0 Å². The maximum absolute atomic E-state index is 4.28. The summed E-state index contributed by atoms with van der Waals surface area (Å²) in [6.07, 6.45) is 6.74. The van der Waals surface area contributed by atoms with Gasteiger partial charge in [0.25, 0.3) is 0 Å². The van der Waals surface area contributed by atoms with Gasteiger partial charge < -0.3 is 0 Å². The zero-order valence-corrected chi connectivity index (χ0v) is 13.0. The Morgan fingerprint density at radius 1 is 1.18 bits per heavy atom. The lowest BCUT2D eigenvalue weighted by molar-refractivity contribution is 0.636. The maximum atomic E-state index is 4.28. The fourth-order valence-corrected chi connectivity index (χ4v) is 3.31. The van der Waals surface area contributed by atoms with Gasteiger partial charge in [-0.25, -0.2) is 9.67 Å². The normalized spacial score (nSPS) is 11.3. The number of aryl methyl sites for hydroxylation is 1. The Morgan fingerprint density at radius 2 is 2.05 bits per heavy atom. The quantitative estimate of drug-likeness (QED) is 0.581. The topological polar surface area (TPSA) is 48.0 Å². The second-order valence-electron chi connectivity index (χ2n) is 5.18. The monoisotopic (exact) mass is 309 g/mol. The second-order valence-corrected chi connectivity index (χ2v) is 6.07. The molecule has 0 spiro atoms. The number of thiazole rings is 1. The van der Waals surface area contributed by atoms with Crippen molar-refractivity contribution in [3.63, 3.8) is 0 Å². The van der Waals surface area contributed by atoms with Crippen LogP contribution in [0.15, 0.2) is 48.4 Å². The van der Waals surface area contributed by atoms with E-state index in [0.717, 1.165) is 28.2 Å². The molecule has 1 aromatic carbocycles. The van der Waals surface area contributed by atoms with Crippen molar-refractivity contribution in [3.05, 3.63) is 59.6 Å². The molecule has 3 aromatic heterocycles. The maximum Gasteiger partial charge on any atom is 0.119 e. The van der Waals surface area contributed by atoms with E-state index in [4.69, 9.17) is 0 Å². The van der Waals surface area contributed by atoms with Gasteiger partial charge in [-0.2, -0.15) is 0 Å². The third-order valence-electron chi connectivity index (χ3n) is 3.75. The first-order chi connectivity index (χ1) is 10.8. The molecular weight excluding hydrogens is 294 g/mol. The van der Waals surface area contributed by atoms with E-state index in [1.807, 2.05) is 23.4 Å². The number of hydrogen-bond donors (Lipinski definition) is 0. The standard InChI is InChI=1S/C16H15N5S/c1-2-12-3-5-13(6-4-12)15-9-20(19-18-15)8-14-10-22-16-7-17-11-21(14)16/h3-7,9-11H,2,8H2,1H3. The summed E-state index contributed by atoms with van der Waals surface area (Å²) in [4.78, 5) is 5.30.